The Morgan fingerprint density at radius 1 is 1.33 bits per heavy atom. The van der Waals surface area contributed by atoms with Gasteiger partial charge in [0.25, 0.3) is 0 Å². The lowest BCUT2D eigenvalue weighted by molar-refractivity contribution is 2.53. The Morgan fingerprint density at radius 2 is 1.33 bits per heavy atom. The van der Waals surface area contributed by atoms with Gasteiger partial charge >= 0.3 is 0 Å². The van der Waals surface area contributed by atoms with Gasteiger partial charge in [-0.3, -0.25) is 0 Å². The van der Waals surface area contributed by atoms with Crippen molar-refractivity contribution in [3.05, 3.63) is 0 Å². The number of hydrogen-bond donors (Lipinski definition) is 0. The Kier molecular flexibility index (Phi) is 3.18. The molecule has 0 aromatic carbocycles. The van der Waals surface area contributed by atoms with E-state index in [4.69, 9.17) is 11.2 Å². The molecule has 0 aliphatic rings. The Bertz CT molecular complexity index is 86.5. The zero-order valence-corrected chi connectivity index (χ0v) is 11.1. The minimum Gasteiger partial charge on any atom is -0.0563 e. The predicted octanol–water partition coefficient (Wildman–Crippen LogP) is 2.82. The average molecular weight is 460 g/mol. The minimum absolute atomic E-state index is 1.36. The van der Waals surface area contributed by atoms with Gasteiger partial charge in [-0.2, -0.15) is 0 Å². The van der Waals surface area contributed by atoms with Crippen LogP contribution in [-0.4, -0.2) is 6.26 Å². The quantitative estimate of drug-likeness (QED) is 0.396. The van der Waals surface area contributed by atoms with Gasteiger partial charge in [-0.25, -0.2) is 0 Å². The molecule has 0 fully saturated rings. The first kappa shape index (κ1) is 8.76. The highest BCUT2D eigenvalue weighted by atomic mass is 127. The van der Waals surface area contributed by atoms with Crippen LogP contribution in [0.3, 0.4) is 0 Å². The third kappa shape index (κ3) is 29.4. The molecule has 0 saturated carbocycles. The maximum atomic E-state index is 5.10. The molecule has 0 amide bonds. The second kappa shape index (κ2) is 2.18. The van der Waals surface area contributed by atoms with E-state index in [0.29, 0.717) is 0 Å². The molecule has 0 aliphatic heterocycles. The molecule has 0 spiro atoms. The first-order chi connectivity index (χ1) is 2.24. The molecule has 0 rings (SSSR count). The van der Waals surface area contributed by atoms with Gasteiger partial charge in [0, 0.05) is 0 Å². The molecule has 0 aliphatic carbocycles. The fourth-order valence-corrected chi connectivity index (χ4v) is 0. The van der Waals surface area contributed by atoms with Gasteiger partial charge in [0.1, 0.15) is 0 Å². The van der Waals surface area contributed by atoms with Gasteiger partial charge in [0.2, 0.25) is 0 Å². The van der Waals surface area contributed by atoms with E-state index >= 15 is 0 Å². The van der Waals surface area contributed by atoms with E-state index < -0.39 is -0.766 Å². The van der Waals surface area contributed by atoms with Crippen molar-refractivity contribution in [3.8, 4) is 0 Å². The Hall–Kier alpha value is 2.76. The van der Waals surface area contributed by atoms with E-state index in [1.54, 1.807) is 0 Å². The zero-order chi connectivity index (χ0) is 5.45. The van der Waals surface area contributed by atoms with Crippen LogP contribution in [-0.2, 0) is 10.4 Å². The van der Waals surface area contributed by atoms with Crippen LogP contribution in [0.2, 0.25) is 0 Å². The molecule has 0 unspecified atom stereocenters. The summed E-state index contributed by atoms with van der Waals surface area (Å²) in [5, 5.41) is 0. The van der Waals surface area contributed by atoms with Crippen molar-refractivity contribution in [1.29, 1.82) is 0 Å². The fraction of sp³-hybridized carbons (Fsp3) is 1.00. The molecule has 0 heterocycles. The zero-order valence-electron chi connectivity index (χ0n) is 2.95. The summed E-state index contributed by atoms with van der Waals surface area (Å²) >= 11 is 12.0. The van der Waals surface area contributed by atoms with Crippen LogP contribution in [0.1, 0.15) is 0 Å². The topological polar surface area (TPSA) is 0 Å². The van der Waals surface area contributed by atoms with Crippen molar-refractivity contribution in [2.24, 2.45) is 0 Å². The lowest BCUT2D eigenvalue weighted by Gasteiger charge is -2.15. The van der Waals surface area contributed by atoms with Crippen LogP contribution in [0.4, 0.5) is 0 Å². The highest BCUT2D eigenvalue weighted by Crippen LogP contribution is 2.47. The molecule has 0 nitrogen and oxygen atoms in total. The Morgan fingerprint density at radius 3 is 1.33 bits per heavy atom. The molecule has 5 heteroatoms. The Balaban J connectivity index is 4.16. The summed E-state index contributed by atoms with van der Waals surface area (Å²) in [5.74, 6) is 0. The third-order valence-electron chi connectivity index (χ3n) is 0. The van der Waals surface area contributed by atoms with Crippen molar-refractivity contribution in [1.82, 2.24) is 0 Å². The highest BCUT2D eigenvalue weighted by molar-refractivity contribution is 14.5. The number of hydrogen-bond acceptors (Lipinski definition) is 1. The smallest absolute Gasteiger partial charge is 0.000919 e. The summed E-state index contributed by atoms with van der Waals surface area (Å²) in [6.45, 7) is 0. The molecule has 0 aromatic rings. The summed E-state index contributed by atoms with van der Waals surface area (Å²) in [6.07, 6.45) is 2.09. The molecule has 0 radical (unpaired) electrons. The lowest BCUT2D eigenvalue weighted by atomic mass is 12.0. The second-order valence-electron chi connectivity index (χ2n) is 0.994. The summed E-state index contributed by atoms with van der Waals surface area (Å²) in [6, 6.07) is 0. The normalized spacial score (nSPS) is 19.0. The third-order valence-corrected chi connectivity index (χ3v) is 0. The van der Waals surface area contributed by atoms with E-state index in [2.05, 4.69) is 69.9 Å². The van der Waals surface area contributed by atoms with Gasteiger partial charge in [-0.1, -0.05) is -0.766 Å². The van der Waals surface area contributed by atoms with E-state index in [9.17, 15) is 0 Å². The monoisotopic (exact) mass is 460 g/mol. The summed E-state index contributed by atoms with van der Waals surface area (Å²) < 4.78 is -1.36. The van der Waals surface area contributed by atoms with Crippen molar-refractivity contribution in [2.45, 2.75) is 0 Å². The lowest BCUT2D eigenvalue weighted by Crippen LogP contribution is -1.92. The molecular weight excluding hydrogens is 457 g/mol. The van der Waals surface area contributed by atoms with Crippen LogP contribution in [0, 0.1) is 0 Å². The SMILES string of the molecule is CS(=S)(I)(I)I. The largest absolute Gasteiger partial charge is 0.0563 e. The first-order valence-electron chi connectivity index (χ1n) is 1.04. The molecule has 0 N–H and O–H groups in total. The van der Waals surface area contributed by atoms with Crippen molar-refractivity contribution in [3.63, 3.8) is 0 Å². The van der Waals surface area contributed by atoms with Crippen LogP contribution in [0.5, 0.6) is 0 Å². The predicted molar refractivity (Wildman–Crippen MR) is 62.7 cm³/mol. The van der Waals surface area contributed by atoms with Gasteiger partial charge in [-0.05, 0) is 81.1 Å². The highest BCUT2D eigenvalue weighted by Gasteiger charge is 2.09. The molecule has 0 atom stereocenters. The molecule has 0 aromatic heterocycles. The van der Waals surface area contributed by atoms with E-state index in [0.717, 1.165) is 0 Å². The standard InChI is InChI=1S/CH3I3S2/c1-6(2,3,4)5/h1H3. The average Bonchev–Trinajstić information content (AvgIpc) is 0.650. The van der Waals surface area contributed by atoms with Gasteiger partial charge in [0.05, 0.1) is 0 Å². The number of halogens is 3. The van der Waals surface area contributed by atoms with Crippen LogP contribution in [0.25, 0.3) is 0 Å². The summed E-state index contributed by atoms with van der Waals surface area (Å²) in [5.41, 5.74) is 0. The summed E-state index contributed by atoms with van der Waals surface area (Å²) in [4.78, 5) is 0. The van der Waals surface area contributed by atoms with Gasteiger partial charge in [-0.15, -0.1) is 0 Å². The van der Waals surface area contributed by atoms with E-state index in [1.165, 1.54) is 0 Å². The molecule has 40 valence electrons. The van der Waals surface area contributed by atoms with Crippen molar-refractivity contribution >= 4 is 74.0 Å². The maximum absolute atomic E-state index is 5.10. The molecule has 0 saturated heterocycles. The molecule has 6 heavy (non-hydrogen) atoms. The molecule has 0 bridgehead atoms. The van der Waals surface area contributed by atoms with E-state index in [1.807, 2.05) is 0 Å². The van der Waals surface area contributed by atoms with Crippen LogP contribution in [0.15, 0.2) is 0 Å². The maximum Gasteiger partial charge on any atom is -0.000919 e. The van der Waals surface area contributed by atoms with Crippen molar-refractivity contribution < 1.29 is 0 Å². The van der Waals surface area contributed by atoms with Gasteiger partial charge in [0.15, 0.2) is 0 Å². The minimum atomic E-state index is -1.36. The van der Waals surface area contributed by atoms with Crippen LogP contribution < -0.4 is 0 Å². The molecular formula is CH3I3S2. The second-order valence-corrected chi connectivity index (χ2v) is 45.8. The first-order valence-corrected chi connectivity index (χ1v) is 12.0. The van der Waals surface area contributed by atoms with Gasteiger partial charge < -0.3 is 0 Å². The van der Waals surface area contributed by atoms with Crippen LogP contribution >= 0.6 is 63.6 Å². The Labute approximate surface area is 78.5 Å². The fourth-order valence-electron chi connectivity index (χ4n) is 0. The van der Waals surface area contributed by atoms with Crippen molar-refractivity contribution in [2.75, 3.05) is 6.26 Å². The number of rotatable bonds is 0. The van der Waals surface area contributed by atoms with E-state index in [-0.39, 0.29) is 0 Å². The summed E-state index contributed by atoms with van der Waals surface area (Å²) in [7, 11) is 0.